The number of rotatable bonds is 7. The lowest BCUT2D eigenvalue weighted by atomic mass is 10.0. The number of benzene rings is 2. The number of alkyl halides is 4. The van der Waals surface area contributed by atoms with Crippen molar-refractivity contribution in [1.29, 1.82) is 0 Å². The number of halogens is 6. The van der Waals surface area contributed by atoms with Gasteiger partial charge in [0.1, 0.15) is 17.3 Å². The van der Waals surface area contributed by atoms with Crippen molar-refractivity contribution in [3.63, 3.8) is 0 Å². The maximum absolute atomic E-state index is 13.8. The fourth-order valence-corrected chi connectivity index (χ4v) is 2.24. The minimum absolute atomic E-state index is 0.0525. The molecule has 0 atom stereocenters. The van der Waals surface area contributed by atoms with Gasteiger partial charge in [0, 0.05) is 17.2 Å². The maximum Gasteiger partial charge on any atom is 0.461 e. The van der Waals surface area contributed by atoms with Gasteiger partial charge in [-0.1, -0.05) is 5.16 Å². The molecule has 0 radical (unpaired) electrons. The highest BCUT2D eigenvalue weighted by atomic mass is 19.3. The van der Waals surface area contributed by atoms with Crippen LogP contribution in [0.15, 0.2) is 41.6 Å². The lowest BCUT2D eigenvalue weighted by Gasteiger charge is -2.17. The lowest BCUT2D eigenvalue weighted by Crippen LogP contribution is -2.33. The summed E-state index contributed by atoms with van der Waals surface area (Å²) in [5, 5.41) is 12.3. The van der Waals surface area contributed by atoms with Gasteiger partial charge in [-0.3, -0.25) is 0 Å². The smallest absolute Gasteiger partial charge is 0.461 e. The Labute approximate surface area is 156 Å². The minimum Gasteiger partial charge on any atom is -0.488 e. The van der Waals surface area contributed by atoms with Crippen LogP contribution in [0.5, 0.6) is 11.5 Å². The third-order valence-corrected chi connectivity index (χ3v) is 3.32. The molecule has 4 nitrogen and oxygen atoms in total. The molecular formula is C18H15F6NO3. The van der Waals surface area contributed by atoms with Crippen LogP contribution in [0.4, 0.5) is 26.3 Å². The quantitative estimate of drug-likeness (QED) is 0.297. The molecule has 0 fully saturated rings. The fourth-order valence-electron chi connectivity index (χ4n) is 2.24. The number of hydrogen-bond acceptors (Lipinski definition) is 4. The van der Waals surface area contributed by atoms with Crippen LogP contribution in [0.2, 0.25) is 0 Å². The molecule has 0 aliphatic heterocycles. The molecule has 28 heavy (non-hydrogen) atoms. The van der Waals surface area contributed by atoms with Gasteiger partial charge in [0.15, 0.2) is 11.6 Å². The summed E-state index contributed by atoms with van der Waals surface area (Å²) >= 11 is 0. The Bertz CT molecular complexity index is 870. The second-order valence-corrected chi connectivity index (χ2v) is 5.90. The van der Waals surface area contributed by atoms with E-state index in [4.69, 9.17) is 4.74 Å². The van der Waals surface area contributed by atoms with Crippen molar-refractivity contribution in [2.75, 3.05) is 0 Å². The predicted octanol–water partition coefficient (Wildman–Crippen LogP) is 5.22. The Morgan fingerprint density at radius 3 is 2.29 bits per heavy atom. The van der Waals surface area contributed by atoms with E-state index in [2.05, 4.69) is 9.89 Å². The summed E-state index contributed by atoms with van der Waals surface area (Å²) in [5.41, 5.74) is -0.570. The van der Waals surface area contributed by atoms with E-state index in [9.17, 15) is 31.5 Å². The van der Waals surface area contributed by atoms with Crippen molar-refractivity contribution < 1.29 is 41.0 Å². The molecule has 0 amide bonds. The lowest BCUT2D eigenvalue weighted by molar-refractivity contribution is -0.253. The average Bonchev–Trinajstić information content (AvgIpc) is 2.57. The number of hydrogen-bond donors (Lipinski definition) is 1. The van der Waals surface area contributed by atoms with Crippen molar-refractivity contribution in [2.45, 2.75) is 32.5 Å². The normalized spacial score (nSPS) is 12.6. The van der Waals surface area contributed by atoms with Crippen LogP contribution in [0.1, 0.15) is 25.0 Å². The Morgan fingerprint density at radius 1 is 1.04 bits per heavy atom. The summed E-state index contributed by atoms with van der Waals surface area (Å²) in [6, 6.07) is 5.38. The second kappa shape index (κ2) is 8.41. The molecule has 0 aromatic heterocycles. The van der Waals surface area contributed by atoms with E-state index in [0.717, 1.165) is 24.3 Å². The van der Waals surface area contributed by atoms with Gasteiger partial charge < -0.3 is 14.7 Å². The number of oxime groups is 1. The van der Waals surface area contributed by atoms with Gasteiger partial charge in [-0.05, 0) is 44.2 Å². The third-order valence-electron chi connectivity index (χ3n) is 3.32. The standard InChI is InChI=1S/C18H15F6NO3/c1-9(2)27-15-7-10(3-4-14(15)20)16(25-26)11-5-12(19)8-13(6-11)28-18(23,24)17(21)22/h3-9,17,26H,1-2H3/b25-16+. The van der Waals surface area contributed by atoms with E-state index < -0.39 is 29.9 Å². The van der Waals surface area contributed by atoms with E-state index in [1.165, 1.54) is 6.07 Å². The van der Waals surface area contributed by atoms with Crippen LogP contribution in [0.25, 0.3) is 0 Å². The Hall–Kier alpha value is -2.91. The summed E-state index contributed by atoms with van der Waals surface area (Å²) in [6.45, 7) is 3.29. The van der Waals surface area contributed by atoms with Crippen LogP contribution in [0, 0.1) is 11.6 Å². The molecule has 0 heterocycles. The molecule has 0 saturated carbocycles. The summed E-state index contributed by atoms with van der Waals surface area (Å²) in [5.74, 6) is -2.93. The van der Waals surface area contributed by atoms with Crippen LogP contribution >= 0.6 is 0 Å². The molecule has 2 aromatic carbocycles. The van der Waals surface area contributed by atoms with Crippen LogP contribution in [0.3, 0.4) is 0 Å². The summed E-state index contributed by atoms with van der Waals surface area (Å²) in [6.07, 6.45) is -9.38. The van der Waals surface area contributed by atoms with E-state index in [-0.39, 0.29) is 28.7 Å². The first-order chi connectivity index (χ1) is 13.0. The Kier molecular flexibility index (Phi) is 6.42. The highest BCUT2D eigenvalue weighted by Gasteiger charge is 2.44. The zero-order valence-corrected chi connectivity index (χ0v) is 14.6. The summed E-state index contributed by atoms with van der Waals surface area (Å²) < 4.78 is 87.5. The predicted molar refractivity (Wildman–Crippen MR) is 87.6 cm³/mol. The van der Waals surface area contributed by atoms with Gasteiger partial charge in [0.2, 0.25) is 0 Å². The molecule has 0 bridgehead atoms. The van der Waals surface area contributed by atoms with Gasteiger partial charge in [-0.15, -0.1) is 0 Å². The molecule has 2 rings (SSSR count). The molecule has 0 unspecified atom stereocenters. The van der Waals surface area contributed by atoms with Crippen molar-refractivity contribution in [3.8, 4) is 11.5 Å². The van der Waals surface area contributed by atoms with E-state index >= 15 is 0 Å². The molecule has 1 N–H and O–H groups in total. The zero-order valence-electron chi connectivity index (χ0n) is 14.6. The summed E-state index contributed by atoms with van der Waals surface area (Å²) in [7, 11) is 0. The molecule has 0 aliphatic carbocycles. The van der Waals surface area contributed by atoms with Crippen LogP contribution < -0.4 is 9.47 Å². The van der Waals surface area contributed by atoms with E-state index in [1.54, 1.807) is 13.8 Å². The monoisotopic (exact) mass is 407 g/mol. The van der Waals surface area contributed by atoms with Crippen molar-refractivity contribution in [3.05, 3.63) is 59.2 Å². The molecule has 0 saturated heterocycles. The zero-order chi connectivity index (χ0) is 21.1. The molecule has 2 aromatic rings. The van der Waals surface area contributed by atoms with Gasteiger partial charge in [0.05, 0.1) is 6.10 Å². The van der Waals surface area contributed by atoms with Crippen molar-refractivity contribution >= 4 is 5.71 Å². The molecule has 152 valence electrons. The van der Waals surface area contributed by atoms with Gasteiger partial charge in [-0.2, -0.15) is 17.6 Å². The Balaban J connectivity index is 2.45. The van der Waals surface area contributed by atoms with Crippen molar-refractivity contribution in [1.82, 2.24) is 0 Å². The average molecular weight is 407 g/mol. The molecular weight excluding hydrogens is 392 g/mol. The SMILES string of the molecule is CC(C)Oc1cc(/C(=N\O)c2cc(F)cc(OC(F)(F)C(F)F)c2)ccc1F. The highest BCUT2D eigenvalue weighted by Crippen LogP contribution is 2.30. The minimum atomic E-state index is -4.85. The van der Waals surface area contributed by atoms with Gasteiger partial charge in [0.25, 0.3) is 0 Å². The van der Waals surface area contributed by atoms with E-state index in [0.29, 0.717) is 6.07 Å². The summed E-state index contributed by atoms with van der Waals surface area (Å²) in [4.78, 5) is 0. The second-order valence-electron chi connectivity index (χ2n) is 5.90. The topological polar surface area (TPSA) is 51.0 Å². The van der Waals surface area contributed by atoms with Crippen molar-refractivity contribution in [2.24, 2.45) is 5.16 Å². The third kappa shape index (κ3) is 5.08. The highest BCUT2D eigenvalue weighted by molar-refractivity contribution is 6.13. The first-order valence-corrected chi connectivity index (χ1v) is 7.88. The fraction of sp³-hybridized carbons (Fsp3) is 0.278. The van der Waals surface area contributed by atoms with Crippen LogP contribution in [-0.2, 0) is 0 Å². The Morgan fingerprint density at radius 2 is 1.71 bits per heavy atom. The first-order valence-electron chi connectivity index (χ1n) is 7.88. The van der Waals surface area contributed by atoms with Gasteiger partial charge in [-0.25, -0.2) is 8.78 Å². The van der Waals surface area contributed by atoms with Crippen LogP contribution in [-0.4, -0.2) is 29.6 Å². The maximum atomic E-state index is 13.8. The molecule has 10 heteroatoms. The largest absolute Gasteiger partial charge is 0.488 e. The molecule has 0 spiro atoms. The number of ether oxygens (including phenoxy) is 2. The molecule has 0 aliphatic rings. The van der Waals surface area contributed by atoms with Gasteiger partial charge >= 0.3 is 12.5 Å². The first kappa shape index (κ1) is 21.4. The number of nitrogens with zero attached hydrogens (tertiary/aromatic N) is 1. The van der Waals surface area contributed by atoms with E-state index in [1.807, 2.05) is 0 Å².